The number of nitrogens with zero attached hydrogens (tertiary/aromatic N) is 2. The van der Waals surface area contributed by atoms with Crippen molar-refractivity contribution in [2.45, 2.75) is 32.6 Å². The summed E-state index contributed by atoms with van der Waals surface area (Å²) in [4.78, 5) is 6.85. The maximum atomic E-state index is 6.29. The molecule has 1 fully saturated rings. The summed E-state index contributed by atoms with van der Waals surface area (Å²) in [6.07, 6.45) is 4.69. The third-order valence-electron chi connectivity index (χ3n) is 5.17. The largest absolute Gasteiger partial charge is 0.497 e. The molecule has 0 saturated carbocycles. The molecular formula is C20H34ClIN4O. The van der Waals surface area contributed by atoms with Crippen LogP contribution in [0.1, 0.15) is 31.7 Å². The van der Waals surface area contributed by atoms with Crippen molar-refractivity contribution in [3.05, 3.63) is 28.8 Å². The highest BCUT2D eigenvalue weighted by Crippen LogP contribution is 2.22. The highest BCUT2D eigenvalue weighted by Gasteiger charge is 2.17. The van der Waals surface area contributed by atoms with Gasteiger partial charge in [0, 0.05) is 25.2 Å². The van der Waals surface area contributed by atoms with E-state index < -0.39 is 0 Å². The third-order valence-corrected chi connectivity index (χ3v) is 5.52. The number of guanidine groups is 1. The summed E-state index contributed by atoms with van der Waals surface area (Å²) in [5.41, 5.74) is 1.11. The fourth-order valence-electron chi connectivity index (χ4n) is 3.38. The van der Waals surface area contributed by atoms with Crippen LogP contribution in [0.3, 0.4) is 0 Å². The first kappa shape index (κ1) is 24.3. The summed E-state index contributed by atoms with van der Waals surface area (Å²) in [6.45, 7) is 7.68. The molecular weight excluding hydrogens is 475 g/mol. The fraction of sp³-hybridized carbons (Fsp3) is 0.650. The zero-order chi connectivity index (χ0) is 18.8. The van der Waals surface area contributed by atoms with E-state index in [9.17, 15) is 0 Å². The van der Waals surface area contributed by atoms with E-state index >= 15 is 0 Å². The van der Waals surface area contributed by atoms with E-state index in [1.807, 2.05) is 25.2 Å². The lowest BCUT2D eigenvalue weighted by Crippen LogP contribution is -2.40. The van der Waals surface area contributed by atoms with E-state index in [-0.39, 0.29) is 24.0 Å². The third kappa shape index (κ3) is 8.44. The van der Waals surface area contributed by atoms with Crippen molar-refractivity contribution < 1.29 is 4.74 Å². The highest BCUT2D eigenvalue weighted by molar-refractivity contribution is 14.0. The molecule has 0 bridgehead atoms. The Kier molecular flexibility index (Phi) is 12.1. The van der Waals surface area contributed by atoms with Gasteiger partial charge in [-0.3, -0.25) is 4.99 Å². The van der Waals surface area contributed by atoms with Crippen LogP contribution in [-0.4, -0.2) is 57.7 Å². The van der Waals surface area contributed by atoms with Crippen LogP contribution in [0.25, 0.3) is 0 Å². The van der Waals surface area contributed by atoms with Crippen LogP contribution in [0.5, 0.6) is 5.75 Å². The monoisotopic (exact) mass is 508 g/mol. The van der Waals surface area contributed by atoms with Crippen LogP contribution < -0.4 is 15.4 Å². The number of aliphatic imine (C=N–C) groups is 1. The molecule has 0 spiro atoms. The van der Waals surface area contributed by atoms with Gasteiger partial charge in [-0.1, -0.05) is 24.6 Å². The first-order valence-corrected chi connectivity index (χ1v) is 10.0. The molecule has 1 heterocycles. The maximum absolute atomic E-state index is 6.29. The smallest absolute Gasteiger partial charge is 0.190 e. The van der Waals surface area contributed by atoms with Gasteiger partial charge in [-0.2, -0.15) is 0 Å². The summed E-state index contributed by atoms with van der Waals surface area (Å²) in [6, 6.07) is 5.81. The minimum atomic E-state index is 0. The van der Waals surface area contributed by atoms with E-state index in [0.717, 1.165) is 47.7 Å². The van der Waals surface area contributed by atoms with Crippen molar-refractivity contribution in [2.75, 3.05) is 46.9 Å². The quantitative estimate of drug-likeness (QED) is 0.319. The lowest BCUT2D eigenvalue weighted by molar-refractivity contribution is 0.187. The van der Waals surface area contributed by atoms with Crippen LogP contribution in [0.4, 0.5) is 0 Å². The van der Waals surface area contributed by atoms with Crippen molar-refractivity contribution in [2.24, 2.45) is 10.9 Å². The zero-order valence-corrected chi connectivity index (χ0v) is 19.8. The number of halogens is 2. The number of hydrogen-bond acceptors (Lipinski definition) is 3. The molecule has 0 atom stereocenters. The number of benzene rings is 1. The number of piperidine rings is 1. The molecule has 0 amide bonds. The Bertz CT molecular complexity index is 577. The second kappa shape index (κ2) is 13.4. The van der Waals surface area contributed by atoms with E-state index in [0.29, 0.717) is 0 Å². The van der Waals surface area contributed by atoms with Crippen molar-refractivity contribution in [1.82, 2.24) is 15.5 Å². The molecule has 0 aromatic heterocycles. The van der Waals surface area contributed by atoms with Crippen LogP contribution in [-0.2, 0) is 6.42 Å². The molecule has 2 rings (SSSR count). The molecule has 2 N–H and O–H groups in total. The Morgan fingerprint density at radius 1 is 1.26 bits per heavy atom. The van der Waals surface area contributed by atoms with Gasteiger partial charge in [0.2, 0.25) is 0 Å². The fourth-order valence-corrected chi connectivity index (χ4v) is 3.65. The molecule has 1 aromatic rings. The SMILES string of the molecule is CCN1CCC(CCNC(=NC)NCCc2ccc(OC)cc2Cl)CC1.I. The number of rotatable bonds is 8. The summed E-state index contributed by atoms with van der Waals surface area (Å²) < 4.78 is 5.18. The Morgan fingerprint density at radius 2 is 1.96 bits per heavy atom. The molecule has 0 aliphatic carbocycles. The molecule has 5 nitrogen and oxygen atoms in total. The molecule has 1 aliphatic heterocycles. The Balaban J connectivity index is 0.00000364. The Morgan fingerprint density at radius 3 is 2.56 bits per heavy atom. The van der Waals surface area contributed by atoms with Gasteiger partial charge in [-0.15, -0.1) is 24.0 Å². The van der Waals surface area contributed by atoms with Gasteiger partial charge < -0.3 is 20.3 Å². The second-order valence-electron chi connectivity index (χ2n) is 6.80. The lowest BCUT2D eigenvalue weighted by Gasteiger charge is -2.31. The highest BCUT2D eigenvalue weighted by atomic mass is 127. The van der Waals surface area contributed by atoms with Crippen molar-refractivity contribution in [1.29, 1.82) is 0 Å². The van der Waals surface area contributed by atoms with E-state index in [1.54, 1.807) is 7.11 Å². The van der Waals surface area contributed by atoms with E-state index in [4.69, 9.17) is 16.3 Å². The average molecular weight is 509 g/mol. The van der Waals surface area contributed by atoms with Crippen molar-refractivity contribution >= 4 is 41.5 Å². The average Bonchev–Trinajstić information content (AvgIpc) is 2.68. The summed E-state index contributed by atoms with van der Waals surface area (Å²) in [7, 11) is 3.46. The minimum Gasteiger partial charge on any atom is -0.497 e. The molecule has 1 aliphatic rings. The van der Waals surface area contributed by atoms with Gasteiger partial charge in [0.05, 0.1) is 7.11 Å². The van der Waals surface area contributed by atoms with Crippen molar-refractivity contribution in [3.8, 4) is 5.75 Å². The second-order valence-corrected chi connectivity index (χ2v) is 7.21. The number of nitrogens with one attached hydrogen (secondary N) is 2. The first-order valence-electron chi connectivity index (χ1n) is 9.65. The molecule has 1 aromatic carbocycles. The molecule has 154 valence electrons. The van der Waals surface area contributed by atoms with Crippen LogP contribution >= 0.6 is 35.6 Å². The van der Waals surface area contributed by atoms with Crippen LogP contribution in [0.2, 0.25) is 5.02 Å². The van der Waals surface area contributed by atoms with E-state index in [1.165, 1.54) is 38.9 Å². The summed E-state index contributed by atoms with van der Waals surface area (Å²) in [5, 5.41) is 7.54. The summed E-state index contributed by atoms with van der Waals surface area (Å²) in [5.74, 6) is 2.48. The molecule has 0 unspecified atom stereocenters. The minimum absolute atomic E-state index is 0. The number of methoxy groups -OCH3 is 1. The molecule has 1 saturated heterocycles. The molecule has 7 heteroatoms. The van der Waals surface area contributed by atoms with Crippen LogP contribution in [0, 0.1) is 5.92 Å². The van der Waals surface area contributed by atoms with Gasteiger partial charge in [0.15, 0.2) is 5.96 Å². The topological polar surface area (TPSA) is 48.9 Å². The zero-order valence-electron chi connectivity index (χ0n) is 16.8. The molecule has 0 radical (unpaired) electrons. The predicted octanol–water partition coefficient (Wildman–Crippen LogP) is 3.80. The van der Waals surface area contributed by atoms with Gasteiger partial charge in [0.25, 0.3) is 0 Å². The number of ether oxygens (including phenoxy) is 1. The molecule has 27 heavy (non-hydrogen) atoms. The van der Waals surface area contributed by atoms with Gasteiger partial charge in [0.1, 0.15) is 5.75 Å². The van der Waals surface area contributed by atoms with E-state index in [2.05, 4.69) is 27.4 Å². The van der Waals surface area contributed by atoms with Gasteiger partial charge >= 0.3 is 0 Å². The normalized spacial score (nSPS) is 15.9. The van der Waals surface area contributed by atoms with Crippen LogP contribution in [0.15, 0.2) is 23.2 Å². The summed E-state index contributed by atoms with van der Waals surface area (Å²) >= 11 is 6.29. The maximum Gasteiger partial charge on any atom is 0.190 e. The first-order chi connectivity index (χ1) is 12.7. The standard InChI is InChI=1S/C20H33ClN4O.HI/c1-4-25-13-9-16(10-14-25)7-11-23-20(22-2)24-12-8-17-5-6-18(26-3)15-19(17)21;/h5-6,15-16H,4,7-14H2,1-3H3,(H2,22,23,24);1H. The van der Waals surface area contributed by atoms with Gasteiger partial charge in [-0.05, 0) is 68.9 Å². The Hall–Kier alpha value is -0.730. The van der Waals surface area contributed by atoms with Gasteiger partial charge in [-0.25, -0.2) is 0 Å². The lowest BCUT2D eigenvalue weighted by atomic mass is 9.93. The van der Waals surface area contributed by atoms with Crippen molar-refractivity contribution in [3.63, 3.8) is 0 Å². The predicted molar refractivity (Wildman–Crippen MR) is 126 cm³/mol. The number of likely N-dealkylation sites (tertiary alicyclic amines) is 1. The Labute approximate surface area is 186 Å². The number of hydrogen-bond donors (Lipinski definition) is 2.